The molecule has 2 rings (SSSR count). The van der Waals surface area contributed by atoms with Crippen LogP contribution in [0.3, 0.4) is 0 Å². The van der Waals surface area contributed by atoms with Crippen LogP contribution in [-0.4, -0.2) is 6.79 Å². The monoisotopic (exact) mass is 169 g/mol. The van der Waals surface area contributed by atoms with Gasteiger partial charge in [0.15, 0.2) is 11.5 Å². The molecule has 1 aromatic rings. The predicted octanol–water partition coefficient (Wildman–Crippen LogP) is 1.29. The van der Waals surface area contributed by atoms with Crippen LogP contribution in [0.4, 0.5) is 5.69 Å². The lowest BCUT2D eigenvalue weighted by molar-refractivity contribution is 0.174. The molecule has 1 aliphatic rings. The van der Waals surface area contributed by atoms with Gasteiger partial charge in [0, 0.05) is 16.6 Å². The number of anilines is 1. The number of fused-ring (bicyclic) bond motifs is 1. The maximum Gasteiger partial charge on any atom is 0.231 e. The first-order chi connectivity index (χ1) is 5.27. The Balaban J connectivity index is 2.57. The van der Waals surface area contributed by atoms with Crippen molar-refractivity contribution in [2.24, 2.45) is 0 Å². The number of nitrogen functional groups attached to an aromatic ring is 1. The van der Waals surface area contributed by atoms with E-state index in [1.807, 2.05) is 0 Å². The summed E-state index contributed by atoms with van der Waals surface area (Å²) in [5.74, 6) is 1.41. The van der Waals surface area contributed by atoms with Gasteiger partial charge < -0.3 is 15.2 Å². The van der Waals surface area contributed by atoms with E-state index in [2.05, 4.69) is 12.6 Å². The molecule has 2 N–H and O–H groups in total. The zero-order valence-electron chi connectivity index (χ0n) is 5.70. The van der Waals surface area contributed by atoms with E-state index < -0.39 is 0 Å². The van der Waals surface area contributed by atoms with Crippen LogP contribution in [0, 0.1) is 0 Å². The molecule has 0 saturated carbocycles. The minimum atomic E-state index is 0.270. The average Bonchev–Trinajstić information content (AvgIpc) is 2.36. The van der Waals surface area contributed by atoms with Crippen molar-refractivity contribution < 1.29 is 9.47 Å². The number of thiol groups is 1. The van der Waals surface area contributed by atoms with E-state index in [-0.39, 0.29) is 6.79 Å². The SMILES string of the molecule is Nc1cc2c(cc1S)OCO2. The molecule has 0 bridgehead atoms. The van der Waals surface area contributed by atoms with E-state index in [0.29, 0.717) is 22.1 Å². The Bertz CT molecular complexity index is 272. The second-order valence-electron chi connectivity index (χ2n) is 2.26. The lowest BCUT2D eigenvalue weighted by Gasteiger charge is -2.00. The third-order valence-corrected chi connectivity index (χ3v) is 1.91. The molecule has 1 heterocycles. The van der Waals surface area contributed by atoms with Crippen LogP contribution in [0.1, 0.15) is 0 Å². The van der Waals surface area contributed by atoms with Crippen LogP contribution >= 0.6 is 12.6 Å². The van der Waals surface area contributed by atoms with Gasteiger partial charge in [-0.25, -0.2) is 0 Å². The van der Waals surface area contributed by atoms with Crippen molar-refractivity contribution in [2.75, 3.05) is 12.5 Å². The molecule has 11 heavy (non-hydrogen) atoms. The first kappa shape index (κ1) is 6.67. The lowest BCUT2D eigenvalue weighted by atomic mass is 10.3. The van der Waals surface area contributed by atoms with E-state index in [4.69, 9.17) is 15.2 Å². The molecule has 0 amide bonds. The van der Waals surface area contributed by atoms with Gasteiger partial charge in [0.05, 0.1) is 0 Å². The smallest absolute Gasteiger partial charge is 0.231 e. The van der Waals surface area contributed by atoms with Crippen molar-refractivity contribution in [1.82, 2.24) is 0 Å². The van der Waals surface area contributed by atoms with Gasteiger partial charge in [-0.1, -0.05) is 0 Å². The summed E-state index contributed by atoms with van der Waals surface area (Å²) in [4.78, 5) is 0.717. The molecule has 0 unspecified atom stereocenters. The summed E-state index contributed by atoms with van der Waals surface area (Å²) in [5, 5.41) is 0. The van der Waals surface area contributed by atoms with Gasteiger partial charge in [-0.3, -0.25) is 0 Å². The Morgan fingerprint density at radius 3 is 2.64 bits per heavy atom. The number of ether oxygens (including phenoxy) is 2. The highest BCUT2D eigenvalue weighted by Crippen LogP contribution is 2.36. The fourth-order valence-electron chi connectivity index (χ4n) is 0.947. The van der Waals surface area contributed by atoms with Crippen molar-refractivity contribution in [3.05, 3.63) is 12.1 Å². The van der Waals surface area contributed by atoms with Gasteiger partial charge in [-0.05, 0) is 6.07 Å². The Morgan fingerprint density at radius 2 is 1.91 bits per heavy atom. The normalized spacial score (nSPS) is 13.5. The summed E-state index contributed by atoms with van der Waals surface area (Å²) >= 11 is 4.14. The maximum atomic E-state index is 5.58. The quantitative estimate of drug-likeness (QED) is 0.454. The number of hydrogen-bond acceptors (Lipinski definition) is 4. The van der Waals surface area contributed by atoms with E-state index in [9.17, 15) is 0 Å². The summed E-state index contributed by atoms with van der Waals surface area (Å²) in [6, 6.07) is 3.46. The fraction of sp³-hybridized carbons (Fsp3) is 0.143. The van der Waals surface area contributed by atoms with E-state index in [1.54, 1.807) is 12.1 Å². The molecule has 0 aliphatic carbocycles. The van der Waals surface area contributed by atoms with Gasteiger partial charge >= 0.3 is 0 Å². The molecule has 1 aliphatic heterocycles. The van der Waals surface area contributed by atoms with Crippen molar-refractivity contribution in [1.29, 1.82) is 0 Å². The van der Waals surface area contributed by atoms with Crippen LogP contribution in [0.5, 0.6) is 11.5 Å². The minimum absolute atomic E-state index is 0.270. The number of nitrogens with two attached hydrogens (primary N) is 1. The summed E-state index contributed by atoms with van der Waals surface area (Å²) in [7, 11) is 0. The highest BCUT2D eigenvalue weighted by atomic mass is 32.1. The first-order valence-corrected chi connectivity index (χ1v) is 3.60. The largest absolute Gasteiger partial charge is 0.454 e. The zero-order valence-corrected chi connectivity index (χ0v) is 6.60. The molecule has 3 nitrogen and oxygen atoms in total. The molecular weight excluding hydrogens is 162 g/mol. The zero-order chi connectivity index (χ0) is 7.84. The fourth-order valence-corrected chi connectivity index (χ4v) is 1.13. The molecule has 0 aromatic heterocycles. The molecule has 4 heteroatoms. The van der Waals surface area contributed by atoms with E-state index in [0.717, 1.165) is 0 Å². The van der Waals surface area contributed by atoms with Gasteiger partial charge in [-0.15, -0.1) is 12.6 Å². The Morgan fingerprint density at radius 1 is 1.27 bits per heavy atom. The summed E-state index contributed by atoms with van der Waals surface area (Å²) in [5.41, 5.74) is 6.19. The van der Waals surface area contributed by atoms with Crippen molar-refractivity contribution in [3.8, 4) is 11.5 Å². The standard InChI is InChI=1S/C7H7NO2S/c8-4-1-5-6(2-7(4)11)10-3-9-5/h1-2,11H,3,8H2. The molecule has 0 spiro atoms. The average molecular weight is 169 g/mol. The van der Waals surface area contributed by atoms with Gasteiger partial charge in [0.25, 0.3) is 0 Å². The number of benzene rings is 1. The maximum absolute atomic E-state index is 5.58. The third kappa shape index (κ3) is 0.991. The van der Waals surface area contributed by atoms with Crippen LogP contribution < -0.4 is 15.2 Å². The predicted molar refractivity (Wildman–Crippen MR) is 44.2 cm³/mol. The Kier molecular flexibility index (Phi) is 1.35. The topological polar surface area (TPSA) is 44.5 Å². The molecule has 1 aromatic carbocycles. The molecule has 0 radical (unpaired) electrons. The van der Waals surface area contributed by atoms with Gasteiger partial charge in [-0.2, -0.15) is 0 Å². The van der Waals surface area contributed by atoms with Crippen LogP contribution in [0.15, 0.2) is 17.0 Å². The molecule has 58 valence electrons. The van der Waals surface area contributed by atoms with Crippen LogP contribution in [-0.2, 0) is 0 Å². The van der Waals surface area contributed by atoms with Crippen LogP contribution in [0.25, 0.3) is 0 Å². The van der Waals surface area contributed by atoms with E-state index >= 15 is 0 Å². The highest BCUT2D eigenvalue weighted by molar-refractivity contribution is 7.80. The van der Waals surface area contributed by atoms with Crippen molar-refractivity contribution in [2.45, 2.75) is 4.90 Å². The Labute approximate surface area is 69.5 Å². The van der Waals surface area contributed by atoms with Gasteiger partial charge in [0.1, 0.15) is 0 Å². The molecule has 0 atom stereocenters. The second-order valence-corrected chi connectivity index (χ2v) is 2.75. The summed E-state index contributed by atoms with van der Waals surface area (Å²) in [6.45, 7) is 0.270. The highest BCUT2D eigenvalue weighted by Gasteiger charge is 2.14. The van der Waals surface area contributed by atoms with Crippen LogP contribution in [0.2, 0.25) is 0 Å². The molecular formula is C7H7NO2S. The summed E-state index contributed by atoms with van der Waals surface area (Å²) in [6.07, 6.45) is 0. The molecule has 0 saturated heterocycles. The second kappa shape index (κ2) is 2.23. The van der Waals surface area contributed by atoms with Crippen molar-refractivity contribution in [3.63, 3.8) is 0 Å². The third-order valence-electron chi connectivity index (χ3n) is 1.52. The first-order valence-electron chi connectivity index (χ1n) is 3.15. The number of hydrogen-bond donors (Lipinski definition) is 2. The number of rotatable bonds is 0. The minimum Gasteiger partial charge on any atom is -0.454 e. The summed E-state index contributed by atoms with van der Waals surface area (Å²) < 4.78 is 10.2. The molecule has 0 fully saturated rings. The van der Waals surface area contributed by atoms with Gasteiger partial charge in [0.2, 0.25) is 6.79 Å². The van der Waals surface area contributed by atoms with Crippen molar-refractivity contribution >= 4 is 18.3 Å². The lowest BCUT2D eigenvalue weighted by Crippen LogP contribution is -1.92. The Hall–Kier alpha value is -1.03. The van der Waals surface area contributed by atoms with E-state index in [1.165, 1.54) is 0 Å².